The minimum absolute atomic E-state index is 0.155. The molecule has 0 fully saturated rings. The van der Waals surface area contributed by atoms with Crippen LogP contribution in [-0.4, -0.2) is 5.11 Å². The van der Waals surface area contributed by atoms with Crippen molar-refractivity contribution in [3.8, 4) is 0 Å². The zero-order chi connectivity index (χ0) is 14.0. The standard InChI is InChI=1S/C14H10ClF3O/c15-12-7-6-10(8-11(12)14(16,17)18)13(19)9-4-2-1-3-5-9/h1-8,13,19H. The van der Waals surface area contributed by atoms with Crippen LogP contribution in [0.2, 0.25) is 5.02 Å². The molecular weight excluding hydrogens is 277 g/mol. The quantitative estimate of drug-likeness (QED) is 0.865. The molecule has 100 valence electrons. The summed E-state index contributed by atoms with van der Waals surface area (Å²) >= 11 is 5.53. The molecule has 0 saturated heterocycles. The summed E-state index contributed by atoms with van der Waals surface area (Å²) < 4.78 is 38.2. The SMILES string of the molecule is OC(c1ccccc1)c1ccc(Cl)c(C(F)(F)F)c1. The van der Waals surface area contributed by atoms with E-state index in [1.54, 1.807) is 30.3 Å². The monoisotopic (exact) mass is 286 g/mol. The molecule has 0 saturated carbocycles. The molecule has 2 aromatic rings. The predicted octanol–water partition coefficient (Wildman–Crippen LogP) is 4.44. The molecule has 0 radical (unpaired) electrons. The minimum atomic E-state index is -4.54. The zero-order valence-corrected chi connectivity index (χ0v) is 10.4. The van der Waals surface area contributed by atoms with Crippen molar-refractivity contribution in [3.05, 3.63) is 70.2 Å². The largest absolute Gasteiger partial charge is 0.417 e. The van der Waals surface area contributed by atoms with Crippen LogP contribution in [0.4, 0.5) is 13.2 Å². The first-order valence-electron chi connectivity index (χ1n) is 5.49. The number of alkyl halides is 3. The van der Waals surface area contributed by atoms with Crippen molar-refractivity contribution in [2.75, 3.05) is 0 Å². The van der Waals surface area contributed by atoms with Crippen molar-refractivity contribution >= 4 is 11.6 Å². The van der Waals surface area contributed by atoms with E-state index in [0.29, 0.717) is 5.56 Å². The van der Waals surface area contributed by atoms with Gasteiger partial charge < -0.3 is 5.11 Å². The molecule has 0 aliphatic rings. The molecule has 0 heterocycles. The van der Waals surface area contributed by atoms with Gasteiger partial charge in [0.05, 0.1) is 10.6 Å². The highest BCUT2D eigenvalue weighted by Gasteiger charge is 2.33. The number of hydrogen-bond donors (Lipinski definition) is 1. The Labute approximate surface area is 113 Å². The number of benzene rings is 2. The molecule has 2 rings (SSSR count). The fourth-order valence-corrected chi connectivity index (χ4v) is 1.98. The van der Waals surface area contributed by atoms with Crippen molar-refractivity contribution in [2.45, 2.75) is 12.3 Å². The normalized spacial score (nSPS) is 13.3. The Bertz CT molecular complexity index is 567. The van der Waals surface area contributed by atoms with Crippen LogP contribution in [0.3, 0.4) is 0 Å². The van der Waals surface area contributed by atoms with Gasteiger partial charge in [0.2, 0.25) is 0 Å². The van der Waals surface area contributed by atoms with E-state index in [9.17, 15) is 18.3 Å². The van der Waals surface area contributed by atoms with Gasteiger partial charge in [-0.2, -0.15) is 13.2 Å². The summed E-state index contributed by atoms with van der Waals surface area (Å²) in [6.07, 6.45) is -5.65. The van der Waals surface area contributed by atoms with E-state index in [0.717, 1.165) is 12.1 Å². The first-order valence-corrected chi connectivity index (χ1v) is 5.87. The Morgan fingerprint density at radius 1 is 0.947 bits per heavy atom. The summed E-state index contributed by atoms with van der Waals surface area (Å²) in [5.41, 5.74) is -0.262. The van der Waals surface area contributed by atoms with Gasteiger partial charge >= 0.3 is 6.18 Å². The highest BCUT2D eigenvalue weighted by Crippen LogP contribution is 2.36. The molecule has 1 unspecified atom stereocenters. The molecule has 0 spiro atoms. The summed E-state index contributed by atoms with van der Waals surface area (Å²) in [5, 5.41) is 9.68. The van der Waals surface area contributed by atoms with Crippen molar-refractivity contribution in [3.63, 3.8) is 0 Å². The van der Waals surface area contributed by atoms with Gasteiger partial charge in [0.25, 0.3) is 0 Å². The molecule has 19 heavy (non-hydrogen) atoms. The number of rotatable bonds is 2. The van der Waals surface area contributed by atoms with E-state index in [2.05, 4.69) is 0 Å². The van der Waals surface area contributed by atoms with Crippen molar-refractivity contribution in [1.82, 2.24) is 0 Å². The molecule has 0 amide bonds. The van der Waals surface area contributed by atoms with Gasteiger partial charge in [-0.1, -0.05) is 48.0 Å². The smallest absolute Gasteiger partial charge is 0.384 e. The topological polar surface area (TPSA) is 20.2 Å². The average Bonchev–Trinajstić information content (AvgIpc) is 2.38. The van der Waals surface area contributed by atoms with Crippen LogP contribution in [0.5, 0.6) is 0 Å². The lowest BCUT2D eigenvalue weighted by Gasteiger charge is -2.15. The molecule has 0 aliphatic carbocycles. The second-order valence-electron chi connectivity index (χ2n) is 4.05. The van der Waals surface area contributed by atoms with E-state index in [-0.39, 0.29) is 10.6 Å². The van der Waals surface area contributed by atoms with E-state index in [4.69, 9.17) is 11.6 Å². The fourth-order valence-electron chi connectivity index (χ4n) is 1.76. The maximum atomic E-state index is 12.7. The summed E-state index contributed by atoms with van der Waals surface area (Å²) in [6, 6.07) is 11.9. The third-order valence-electron chi connectivity index (χ3n) is 2.73. The summed E-state index contributed by atoms with van der Waals surface area (Å²) in [6.45, 7) is 0. The van der Waals surface area contributed by atoms with E-state index in [1.807, 2.05) is 0 Å². The second kappa shape index (κ2) is 5.23. The van der Waals surface area contributed by atoms with Gasteiger partial charge in [-0.05, 0) is 23.3 Å². The van der Waals surface area contributed by atoms with E-state index >= 15 is 0 Å². The van der Waals surface area contributed by atoms with Crippen LogP contribution in [-0.2, 0) is 6.18 Å². The first-order chi connectivity index (χ1) is 8.89. The van der Waals surface area contributed by atoms with Gasteiger partial charge in [0.15, 0.2) is 0 Å². The molecular formula is C14H10ClF3O. The van der Waals surface area contributed by atoms with Crippen LogP contribution < -0.4 is 0 Å². The Kier molecular flexibility index (Phi) is 3.83. The van der Waals surface area contributed by atoms with Crippen LogP contribution in [0, 0.1) is 0 Å². The van der Waals surface area contributed by atoms with Gasteiger partial charge in [0.1, 0.15) is 6.10 Å². The van der Waals surface area contributed by atoms with Gasteiger partial charge in [0, 0.05) is 0 Å². The Morgan fingerprint density at radius 2 is 1.58 bits per heavy atom. The van der Waals surface area contributed by atoms with E-state index < -0.39 is 17.8 Å². The molecule has 0 aliphatic heterocycles. The molecule has 2 aromatic carbocycles. The second-order valence-corrected chi connectivity index (χ2v) is 4.46. The first kappa shape index (κ1) is 13.9. The Balaban J connectivity index is 2.42. The molecule has 1 nitrogen and oxygen atoms in total. The van der Waals surface area contributed by atoms with Crippen LogP contribution in [0.1, 0.15) is 22.8 Å². The lowest BCUT2D eigenvalue weighted by atomic mass is 9.99. The lowest BCUT2D eigenvalue weighted by Crippen LogP contribution is -2.08. The van der Waals surface area contributed by atoms with Gasteiger partial charge in [-0.3, -0.25) is 0 Å². The average molecular weight is 287 g/mol. The van der Waals surface area contributed by atoms with Crippen LogP contribution >= 0.6 is 11.6 Å². The Hall–Kier alpha value is -1.52. The summed E-state index contributed by atoms with van der Waals surface area (Å²) in [4.78, 5) is 0. The number of aliphatic hydroxyl groups is 1. The fraction of sp³-hybridized carbons (Fsp3) is 0.143. The van der Waals surface area contributed by atoms with Gasteiger partial charge in [-0.15, -0.1) is 0 Å². The minimum Gasteiger partial charge on any atom is -0.384 e. The van der Waals surface area contributed by atoms with Crippen LogP contribution in [0.15, 0.2) is 48.5 Å². The zero-order valence-electron chi connectivity index (χ0n) is 9.66. The molecule has 5 heteroatoms. The molecule has 0 aromatic heterocycles. The number of hydrogen-bond acceptors (Lipinski definition) is 1. The third kappa shape index (κ3) is 3.08. The lowest BCUT2D eigenvalue weighted by molar-refractivity contribution is -0.137. The Morgan fingerprint density at radius 3 is 2.16 bits per heavy atom. The highest BCUT2D eigenvalue weighted by molar-refractivity contribution is 6.31. The maximum absolute atomic E-state index is 12.7. The maximum Gasteiger partial charge on any atom is 0.417 e. The van der Waals surface area contributed by atoms with Crippen molar-refractivity contribution < 1.29 is 18.3 Å². The molecule has 0 bridgehead atoms. The highest BCUT2D eigenvalue weighted by atomic mass is 35.5. The predicted molar refractivity (Wildman–Crippen MR) is 67.0 cm³/mol. The summed E-state index contributed by atoms with van der Waals surface area (Å²) in [7, 11) is 0. The van der Waals surface area contributed by atoms with E-state index in [1.165, 1.54) is 6.07 Å². The number of aliphatic hydroxyl groups excluding tert-OH is 1. The summed E-state index contributed by atoms with van der Waals surface area (Å²) in [5.74, 6) is 0. The molecule has 1 N–H and O–H groups in total. The number of halogens is 4. The van der Waals surface area contributed by atoms with Crippen molar-refractivity contribution in [2.24, 2.45) is 0 Å². The van der Waals surface area contributed by atoms with Crippen LogP contribution in [0.25, 0.3) is 0 Å². The third-order valence-corrected chi connectivity index (χ3v) is 3.06. The van der Waals surface area contributed by atoms with Gasteiger partial charge in [-0.25, -0.2) is 0 Å². The molecule has 1 atom stereocenters. The van der Waals surface area contributed by atoms with Crippen molar-refractivity contribution in [1.29, 1.82) is 0 Å².